The van der Waals surface area contributed by atoms with E-state index in [1.54, 1.807) is 18.9 Å². The van der Waals surface area contributed by atoms with E-state index in [4.69, 9.17) is 12.2 Å². The maximum atomic E-state index is 11.6. The van der Waals surface area contributed by atoms with Crippen LogP contribution in [0.5, 0.6) is 0 Å². The van der Waals surface area contributed by atoms with Crippen LogP contribution in [-0.4, -0.2) is 42.2 Å². The first-order valence-electron chi connectivity index (χ1n) is 6.58. The number of aliphatic carboxylic acids is 1. The summed E-state index contributed by atoms with van der Waals surface area (Å²) >= 11 is 5.27. The molecule has 0 amide bonds. The first kappa shape index (κ1) is 15.3. The summed E-state index contributed by atoms with van der Waals surface area (Å²) in [5.74, 6) is -0.934. The second-order valence-electron chi connectivity index (χ2n) is 5.27. The average Bonchev–Trinajstić information content (AvgIpc) is 2.42. The van der Waals surface area contributed by atoms with Crippen LogP contribution in [0, 0.1) is 0 Å². The highest BCUT2D eigenvalue weighted by atomic mass is 32.1. The summed E-state index contributed by atoms with van der Waals surface area (Å²) in [4.78, 5) is 15.4. The van der Waals surface area contributed by atoms with Crippen LogP contribution in [0.3, 0.4) is 0 Å². The number of nitrogens with one attached hydrogen (secondary N) is 1. The number of rotatable bonds is 3. The summed E-state index contributed by atoms with van der Waals surface area (Å²) in [5, 5.41) is 13.0. The molecule has 0 fully saturated rings. The lowest BCUT2D eigenvalue weighted by molar-refractivity contribution is -0.133. The average molecular weight is 305 g/mol. The van der Waals surface area contributed by atoms with E-state index < -0.39 is 5.97 Å². The molecule has 5 nitrogen and oxygen atoms in total. The molecule has 112 valence electrons. The number of benzene rings is 1. The monoisotopic (exact) mass is 305 g/mol. The Bertz CT molecular complexity index is 608. The smallest absolute Gasteiger partial charge is 0.335 e. The Hall–Kier alpha value is -2.08. The van der Waals surface area contributed by atoms with Gasteiger partial charge in [0.15, 0.2) is 5.11 Å². The topological polar surface area (TPSA) is 55.8 Å². The van der Waals surface area contributed by atoms with Crippen molar-refractivity contribution in [3.8, 4) is 0 Å². The Morgan fingerprint density at radius 2 is 1.90 bits per heavy atom. The van der Waals surface area contributed by atoms with Crippen molar-refractivity contribution in [3.05, 3.63) is 41.1 Å². The van der Waals surface area contributed by atoms with Crippen LogP contribution in [0.15, 0.2) is 35.5 Å². The predicted octanol–water partition coefficient (Wildman–Crippen LogP) is 1.97. The summed E-state index contributed by atoms with van der Waals surface area (Å²) in [7, 11) is 5.73. The number of thiocarbonyl (C=S) groups is 1. The summed E-state index contributed by atoms with van der Waals surface area (Å²) < 4.78 is 0. The summed E-state index contributed by atoms with van der Waals surface area (Å²) in [6.45, 7) is 1.74. The van der Waals surface area contributed by atoms with E-state index in [-0.39, 0.29) is 6.04 Å². The molecule has 1 aliphatic rings. The van der Waals surface area contributed by atoms with Gasteiger partial charge in [-0.15, -0.1) is 0 Å². The molecule has 0 bridgehead atoms. The van der Waals surface area contributed by atoms with Crippen molar-refractivity contribution < 1.29 is 9.90 Å². The van der Waals surface area contributed by atoms with Crippen molar-refractivity contribution in [1.82, 2.24) is 10.2 Å². The molecule has 1 unspecified atom stereocenters. The van der Waals surface area contributed by atoms with Gasteiger partial charge in [0.05, 0.1) is 11.6 Å². The summed E-state index contributed by atoms with van der Waals surface area (Å²) in [5.41, 5.74) is 2.88. The predicted molar refractivity (Wildman–Crippen MR) is 87.3 cm³/mol. The van der Waals surface area contributed by atoms with Gasteiger partial charge in [-0.3, -0.25) is 0 Å². The quantitative estimate of drug-likeness (QED) is 0.833. The Balaban J connectivity index is 2.49. The van der Waals surface area contributed by atoms with E-state index in [2.05, 4.69) is 5.32 Å². The lowest BCUT2D eigenvalue weighted by atomic mass is 9.94. The minimum absolute atomic E-state index is 0.323. The molecule has 6 heteroatoms. The maximum absolute atomic E-state index is 11.6. The lowest BCUT2D eigenvalue weighted by Gasteiger charge is -2.36. The zero-order valence-corrected chi connectivity index (χ0v) is 13.4. The van der Waals surface area contributed by atoms with Crippen molar-refractivity contribution in [2.45, 2.75) is 13.0 Å². The molecule has 0 aliphatic carbocycles. The normalized spacial score (nSPS) is 18.6. The molecule has 21 heavy (non-hydrogen) atoms. The number of carboxylic acid groups (broad SMARTS) is 1. The highest BCUT2D eigenvalue weighted by Crippen LogP contribution is 2.33. The van der Waals surface area contributed by atoms with Gasteiger partial charge in [0, 0.05) is 32.5 Å². The molecule has 0 saturated heterocycles. The van der Waals surface area contributed by atoms with Crippen molar-refractivity contribution in [2.75, 3.05) is 26.0 Å². The molecular formula is C15H19N3O2S. The van der Waals surface area contributed by atoms with Gasteiger partial charge < -0.3 is 20.2 Å². The van der Waals surface area contributed by atoms with Crippen LogP contribution in [0.2, 0.25) is 0 Å². The van der Waals surface area contributed by atoms with Crippen LogP contribution < -0.4 is 10.2 Å². The Morgan fingerprint density at radius 1 is 1.33 bits per heavy atom. The third-order valence-corrected chi connectivity index (χ3v) is 4.03. The van der Waals surface area contributed by atoms with Gasteiger partial charge in [-0.2, -0.15) is 0 Å². The van der Waals surface area contributed by atoms with Crippen molar-refractivity contribution >= 4 is 29.0 Å². The molecule has 0 saturated carbocycles. The second-order valence-corrected chi connectivity index (χ2v) is 5.66. The van der Waals surface area contributed by atoms with Crippen LogP contribution in [-0.2, 0) is 4.79 Å². The lowest BCUT2D eigenvalue weighted by Crippen LogP contribution is -2.46. The summed E-state index contributed by atoms with van der Waals surface area (Å²) in [6, 6.07) is 7.46. The Kier molecular flexibility index (Phi) is 4.18. The molecule has 1 aliphatic heterocycles. The molecule has 0 aromatic heterocycles. The first-order chi connectivity index (χ1) is 9.82. The van der Waals surface area contributed by atoms with E-state index in [0.717, 1.165) is 11.3 Å². The first-order valence-corrected chi connectivity index (χ1v) is 6.99. The van der Waals surface area contributed by atoms with Gasteiger partial charge in [-0.1, -0.05) is 12.1 Å². The highest BCUT2D eigenvalue weighted by Gasteiger charge is 2.33. The number of carboxylic acids is 1. The largest absolute Gasteiger partial charge is 0.478 e. The number of nitrogens with zero attached hydrogens (tertiary/aromatic N) is 2. The molecule has 1 atom stereocenters. The van der Waals surface area contributed by atoms with E-state index in [1.807, 2.05) is 43.3 Å². The number of allylic oxidation sites excluding steroid dienone is 1. The number of hydrogen-bond acceptors (Lipinski definition) is 3. The van der Waals surface area contributed by atoms with Gasteiger partial charge >= 0.3 is 5.97 Å². The zero-order chi connectivity index (χ0) is 15.7. The second kappa shape index (κ2) is 5.73. The maximum Gasteiger partial charge on any atom is 0.335 e. The third-order valence-electron chi connectivity index (χ3n) is 3.64. The van der Waals surface area contributed by atoms with Crippen LogP contribution in [0.4, 0.5) is 5.69 Å². The van der Waals surface area contributed by atoms with Crippen LogP contribution >= 0.6 is 12.2 Å². The van der Waals surface area contributed by atoms with Crippen molar-refractivity contribution in [3.63, 3.8) is 0 Å². The minimum atomic E-state index is -0.934. The van der Waals surface area contributed by atoms with Gasteiger partial charge in [-0.25, -0.2) is 4.79 Å². The van der Waals surface area contributed by atoms with Crippen LogP contribution in [0.1, 0.15) is 18.5 Å². The Labute approximate surface area is 129 Å². The van der Waals surface area contributed by atoms with Gasteiger partial charge in [0.1, 0.15) is 0 Å². The fraction of sp³-hybridized carbons (Fsp3) is 0.333. The van der Waals surface area contributed by atoms with Gasteiger partial charge in [0.2, 0.25) is 0 Å². The molecular weight excluding hydrogens is 286 g/mol. The zero-order valence-electron chi connectivity index (χ0n) is 12.5. The molecule has 2 rings (SSSR count). The third kappa shape index (κ3) is 2.85. The van der Waals surface area contributed by atoms with E-state index >= 15 is 0 Å². The van der Waals surface area contributed by atoms with Gasteiger partial charge in [0.25, 0.3) is 0 Å². The van der Waals surface area contributed by atoms with Gasteiger partial charge in [-0.05, 0) is 36.8 Å². The molecule has 0 radical (unpaired) electrons. The number of anilines is 1. The number of hydrogen-bond donors (Lipinski definition) is 2. The van der Waals surface area contributed by atoms with Crippen molar-refractivity contribution in [2.24, 2.45) is 0 Å². The highest BCUT2D eigenvalue weighted by molar-refractivity contribution is 7.80. The molecule has 0 spiro atoms. The molecule has 2 N–H and O–H groups in total. The molecule has 1 aromatic carbocycles. The SMILES string of the molecule is CC1=C(C(=O)O)C(c2ccc(N(C)C)cc2)N(C)C(=S)N1. The fourth-order valence-electron chi connectivity index (χ4n) is 2.45. The van der Waals surface area contributed by atoms with E-state index in [1.165, 1.54) is 0 Å². The number of likely N-dealkylation sites (N-methyl/N-ethyl adjacent to an activating group) is 1. The molecule has 1 aromatic rings. The molecule has 1 heterocycles. The summed E-state index contributed by atoms with van der Waals surface area (Å²) in [6.07, 6.45) is 0. The standard InChI is InChI=1S/C15H19N3O2S/c1-9-12(14(19)20)13(18(4)15(21)16-9)10-5-7-11(8-6-10)17(2)3/h5-8,13H,1-4H3,(H,16,21)(H,19,20). The van der Waals surface area contributed by atoms with Crippen LogP contribution in [0.25, 0.3) is 0 Å². The van der Waals surface area contributed by atoms with E-state index in [9.17, 15) is 9.90 Å². The van der Waals surface area contributed by atoms with Crippen molar-refractivity contribution in [1.29, 1.82) is 0 Å². The fourth-order valence-corrected chi connectivity index (χ4v) is 2.71. The Morgan fingerprint density at radius 3 is 2.38 bits per heavy atom. The van der Waals surface area contributed by atoms with E-state index in [0.29, 0.717) is 16.4 Å². The number of carbonyl (C=O) groups is 1. The minimum Gasteiger partial charge on any atom is -0.478 e.